The van der Waals surface area contributed by atoms with Crippen LogP contribution in [0.5, 0.6) is 5.75 Å². The first-order valence-electron chi connectivity index (χ1n) is 14.5. The molecule has 2 aromatic carbocycles. The van der Waals surface area contributed by atoms with Gasteiger partial charge in [-0.2, -0.15) is 0 Å². The normalized spacial score (nSPS) is 14.8. The van der Waals surface area contributed by atoms with Crippen LogP contribution in [0.15, 0.2) is 48.5 Å². The Morgan fingerprint density at radius 2 is 1.77 bits per heavy atom. The van der Waals surface area contributed by atoms with E-state index in [9.17, 15) is 18.0 Å². The molecule has 0 aliphatic heterocycles. The number of carbonyl (C=O) groups is 2. The topological polar surface area (TPSA) is 96.0 Å². The van der Waals surface area contributed by atoms with Crippen molar-refractivity contribution >= 4 is 27.5 Å². The molecule has 0 bridgehead atoms. The molecule has 1 aliphatic rings. The molecule has 0 aromatic heterocycles. The number of para-hydroxylation sites is 2. The van der Waals surface area contributed by atoms with Gasteiger partial charge in [0.05, 0.1) is 18.6 Å². The summed E-state index contributed by atoms with van der Waals surface area (Å²) in [7, 11) is -3.62. The lowest BCUT2D eigenvalue weighted by Crippen LogP contribution is -2.51. The fourth-order valence-corrected chi connectivity index (χ4v) is 6.36. The number of benzene rings is 2. The van der Waals surface area contributed by atoms with E-state index in [0.717, 1.165) is 43.1 Å². The van der Waals surface area contributed by atoms with Gasteiger partial charge in [0.25, 0.3) is 0 Å². The fraction of sp³-hybridized carbons (Fsp3) is 0.548. The van der Waals surface area contributed by atoms with Gasteiger partial charge in [-0.25, -0.2) is 8.42 Å². The molecule has 40 heavy (non-hydrogen) atoms. The summed E-state index contributed by atoms with van der Waals surface area (Å²) in [6.07, 6.45) is 7.42. The zero-order chi connectivity index (χ0) is 29.1. The number of carbonyl (C=O) groups excluding carboxylic acids is 2. The number of anilines is 1. The SMILES string of the molecule is CCOc1ccccc1N(CCCC(=O)N(Cc1cccc(C)c1)C(CC)C(=O)NC1CCCCC1)S(C)(=O)=O. The lowest BCUT2D eigenvalue weighted by atomic mass is 9.95. The van der Waals surface area contributed by atoms with Crippen LogP contribution in [0.3, 0.4) is 0 Å². The Morgan fingerprint density at radius 1 is 1.05 bits per heavy atom. The van der Waals surface area contributed by atoms with E-state index in [-0.39, 0.29) is 30.8 Å². The first-order valence-corrected chi connectivity index (χ1v) is 16.3. The average molecular weight is 572 g/mol. The summed E-state index contributed by atoms with van der Waals surface area (Å²) >= 11 is 0. The van der Waals surface area contributed by atoms with E-state index in [2.05, 4.69) is 5.32 Å². The van der Waals surface area contributed by atoms with Crippen LogP contribution in [0.4, 0.5) is 5.69 Å². The summed E-state index contributed by atoms with van der Waals surface area (Å²) in [5.74, 6) is 0.200. The van der Waals surface area contributed by atoms with Crippen LogP contribution in [0, 0.1) is 6.92 Å². The van der Waals surface area contributed by atoms with Crippen LogP contribution < -0.4 is 14.4 Å². The molecule has 0 radical (unpaired) electrons. The van der Waals surface area contributed by atoms with Crippen LogP contribution in [0.25, 0.3) is 0 Å². The molecule has 9 heteroatoms. The van der Waals surface area contributed by atoms with E-state index in [0.29, 0.717) is 37.4 Å². The van der Waals surface area contributed by atoms with Crippen molar-refractivity contribution in [3.8, 4) is 5.75 Å². The van der Waals surface area contributed by atoms with E-state index in [1.54, 1.807) is 29.2 Å². The van der Waals surface area contributed by atoms with Gasteiger partial charge in [0, 0.05) is 25.6 Å². The molecule has 1 N–H and O–H groups in total. The lowest BCUT2D eigenvalue weighted by molar-refractivity contribution is -0.141. The Hall–Kier alpha value is -3.07. The Morgan fingerprint density at radius 3 is 2.42 bits per heavy atom. The molecule has 1 fully saturated rings. The Labute approximate surface area is 240 Å². The highest BCUT2D eigenvalue weighted by molar-refractivity contribution is 7.92. The second-order valence-corrected chi connectivity index (χ2v) is 12.5. The third kappa shape index (κ3) is 8.98. The number of aryl methyl sites for hydroxylation is 1. The van der Waals surface area contributed by atoms with E-state index in [1.807, 2.05) is 45.0 Å². The highest BCUT2D eigenvalue weighted by Gasteiger charge is 2.30. The van der Waals surface area contributed by atoms with Crippen LogP contribution in [-0.4, -0.2) is 56.6 Å². The number of sulfonamides is 1. The minimum absolute atomic E-state index is 0.112. The Kier molecular flexibility index (Phi) is 11.9. The molecular formula is C31H45N3O5S. The third-order valence-corrected chi connectivity index (χ3v) is 8.54. The summed E-state index contributed by atoms with van der Waals surface area (Å²) in [5.41, 5.74) is 2.50. The van der Waals surface area contributed by atoms with Crippen LogP contribution in [0.2, 0.25) is 0 Å². The third-order valence-electron chi connectivity index (χ3n) is 7.36. The molecule has 220 valence electrons. The number of nitrogens with zero attached hydrogens (tertiary/aromatic N) is 2. The quantitative estimate of drug-likeness (QED) is 0.336. The smallest absolute Gasteiger partial charge is 0.243 e. The molecule has 0 heterocycles. The van der Waals surface area contributed by atoms with Crippen molar-refractivity contribution < 1.29 is 22.7 Å². The molecule has 3 rings (SSSR count). The summed E-state index contributed by atoms with van der Waals surface area (Å²) in [6.45, 7) is 6.62. The second kappa shape index (κ2) is 15.1. The average Bonchev–Trinajstić information content (AvgIpc) is 2.91. The second-order valence-electron chi connectivity index (χ2n) is 10.6. The number of rotatable bonds is 14. The minimum Gasteiger partial charge on any atom is -0.492 e. The highest BCUT2D eigenvalue weighted by atomic mass is 32.2. The Balaban J connectivity index is 1.78. The molecule has 2 aromatic rings. The van der Waals surface area contributed by atoms with Crippen molar-refractivity contribution in [3.05, 3.63) is 59.7 Å². The summed E-state index contributed by atoms with van der Waals surface area (Å²) in [6, 6.07) is 14.5. The van der Waals surface area contributed by atoms with E-state index in [4.69, 9.17) is 4.74 Å². The van der Waals surface area contributed by atoms with Crippen LogP contribution in [-0.2, 0) is 26.2 Å². The van der Waals surface area contributed by atoms with Gasteiger partial charge in [0.1, 0.15) is 11.8 Å². The maximum Gasteiger partial charge on any atom is 0.243 e. The van der Waals surface area contributed by atoms with Crippen LogP contribution >= 0.6 is 0 Å². The van der Waals surface area contributed by atoms with Crippen molar-refractivity contribution in [2.45, 2.75) is 90.8 Å². The van der Waals surface area contributed by atoms with Gasteiger partial charge < -0.3 is 15.0 Å². The molecule has 8 nitrogen and oxygen atoms in total. The lowest BCUT2D eigenvalue weighted by Gasteiger charge is -2.33. The van der Waals surface area contributed by atoms with Crippen molar-refractivity contribution in [1.29, 1.82) is 0 Å². The number of hydrogen-bond donors (Lipinski definition) is 1. The zero-order valence-electron chi connectivity index (χ0n) is 24.4. The predicted molar refractivity (Wildman–Crippen MR) is 160 cm³/mol. The molecule has 1 aliphatic carbocycles. The van der Waals surface area contributed by atoms with Gasteiger partial charge in [0.15, 0.2) is 0 Å². The van der Waals surface area contributed by atoms with Gasteiger partial charge in [-0.15, -0.1) is 0 Å². The molecular weight excluding hydrogens is 526 g/mol. The number of ether oxygens (including phenoxy) is 1. The maximum absolute atomic E-state index is 13.7. The van der Waals surface area contributed by atoms with Crippen molar-refractivity contribution in [3.63, 3.8) is 0 Å². The van der Waals surface area contributed by atoms with Gasteiger partial charge in [-0.3, -0.25) is 13.9 Å². The standard InChI is InChI=1S/C31H45N3O5S/c1-5-27(31(36)32-26-16-8-7-9-17-26)33(23-25-15-12-14-24(3)22-25)30(35)20-13-21-34(40(4,37)38)28-18-10-11-19-29(28)39-6-2/h10-12,14-15,18-19,22,26-27H,5-9,13,16-17,20-21,23H2,1-4H3,(H,32,36). The first kappa shape index (κ1) is 31.5. The fourth-order valence-electron chi connectivity index (χ4n) is 5.39. The minimum atomic E-state index is -3.62. The predicted octanol–water partition coefficient (Wildman–Crippen LogP) is 5.20. The van der Waals surface area contributed by atoms with Crippen molar-refractivity contribution in [1.82, 2.24) is 10.2 Å². The molecule has 0 spiro atoms. The van der Waals surface area contributed by atoms with Crippen molar-refractivity contribution in [2.75, 3.05) is 23.7 Å². The van der Waals surface area contributed by atoms with Gasteiger partial charge >= 0.3 is 0 Å². The number of amides is 2. The Bertz CT molecular complexity index is 1230. The van der Waals surface area contributed by atoms with E-state index >= 15 is 0 Å². The van der Waals surface area contributed by atoms with Gasteiger partial charge in [-0.1, -0.05) is 68.1 Å². The molecule has 1 unspecified atom stereocenters. The van der Waals surface area contributed by atoms with Crippen LogP contribution in [0.1, 0.15) is 76.3 Å². The number of nitrogens with one attached hydrogen (secondary N) is 1. The summed E-state index contributed by atoms with van der Waals surface area (Å²) in [5, 5.41) is 3.20. The highest BCUT2D eigenvalue weighted by Crippen LogP contribution is 2.30. The number of hydrogen-bond acceptors (Lipinski definition) is 5. The van der Waals surface area contributed by atoms with Gasteiger partial charge in [0.2, 0.25) is 21.8 Å². The van der Waals surface area contributed by atoms with E-state index in [1.165, 1.54) is 10.7 Å². The summed E-state index contributed by atoms with van der Waals surface area (Å²) < 4.78 is 32.4. The maximum atomic E-state index is 13.7. The molecule has 1 atom stereocenters. The van der Waals surface area contributed by atoms with E-state index < -0.39 is 16.1 Å². The summed E-state index contributed by atoms with van der Waals surface area (Å²) in [4.78, 5) is 28.8. The largest absolute Gasteiger partial charge is 0.492 e. The van der Waals surface area contributed by atoms with Gasteiger partial charge in [-0.05, 0) is 57.2 Å². The monoisotopic (exact) mass is 571 g/mol. The first-order chi connectivity index (χ1) is 19.1. The molecule has 2 amide bonds. The molecule has 1 saturated carbocycles. The van der Waals surface area contributed by atoms with Crippen molar-refractivity contribution in [2.24, 2.45) is 0 Å². The molecule has 0 saturated heterocycles. The zero-order valence-corrected chi connectivity index (χ0v) is 25.2.